The first-order valence-corrected chi connectivity index (χ1v) is 9.43. The summed E-state index contributed by atoms with van der Waals surface area (Å²) in [5, 5.41) is 8.41. The summed E-state index contributed by atoms with van der Waals surface area (Å²) in [6.45, 7) is 1.65. The highest BCUT2D eigenvalue weighted by atomic mass is 32.2. The molecule has 0 spiro atoms. The predicted octanol–water partition coefficient (Wildman–Crippen LogP) is 2.59. The standard InChI is InChI=1S/C18H20N4O5S/c1-10-14(16(23)22(2)17(24)19-10)8-15-20-21-18(27-15)28-9-11-5-12(25-3)7-13(6-11)26-4/h5-7,14H,8-9H2,1-4H3. The van der Waals surface area contributed by atoms with E-state index < -0.39 is 11.9 Å². The molecule has 0 saturated heterocycles. The van der Waals surface area contributed by atoms with Crippen molar-refractivity contribution in [3.05, 3.63) is 29.7 Å². The lowest BCUT2D eigenvalue weighted by Gasteiger charge is -2.24. The molecule has 0 N–H and O–H groups in total. The molecule has 3 rings (SSSR count). The van der Waals surface area contributed by atoms with Gasteiger partial charge in [0.25, 0.3) is 5.22 Å². The first-order chi connectivity index (χ1) is 13.4. The molecular formula is C18H20N4O5S. The number of ether oxygens (including phenoxy) is 2. The summed E-state index contributed by atoms with van der Waals surface area (Å²) in [6.07, 6.45) is 0.201. The molecule has 2 aromatic rings. The Labute approximate surface area is 166 Å². The van der Waals surface area contributed by atoms with Crippen molar-refractivity contribution in [3.63, 3.8) is 0 Å². The zero-order valence-corrected chi connectivity index (χ0v) is 16.8. The smallest absolute Gasteiger partial charge is 0.349 e. The number of rotatable bonds is 7. The summed E-state index contributed by atoms with van der Waals surface area (Å²) >= 11 is 1.37. The van der Waals surface area contributed by atoms with Gasteiger partial charge in [-0.05, 0) is 24.6 Å². The van der Waals surface area contributed by atoms with Crippen molar-refractivity contribution < 1.29 is 23.5 Å². The maximum Gasteiger partial charge on any atom is 0.349 e. The molecule has 1 aliphatic rings. The highest BCUT2D eigenvalue weighted by molar-refractivity contribution is 7.98. The molecule has 10 heteroatoms. The van der Waals surface area contributed by atoms with Crippen LogP contribution in [0.5, 0.6) is 11.5 Å². The fourth-order valence-electron chi connectivity index (χ4n) is 2.69. The van der Waals surface area contributed by atoms with Gasteiger partial charge in [-0.15, -0.1) is 10.2 Å². The number of thioether (sulfide) groups is 1. The number of aromatic nitrogens is 2. The van der Waals surface area contributed by atoms with Crippen LogP contribution in [0.4, 0.5) is 4.79 Å². The molecule has 1 aromatic heterocycles. The van der Waals surface area contributed by atoms with E-state index in [-0.39, 0.29) is 12.3 Å². The molecule has 148 valence electrons. The quantitative estimate of drug-likeness (QED) is 0.648. The second-order valence-corrected chi connectivity index (χ2v) is 7.09. The second-order valence-electron chi connectivity index (χ2n) is 6.16. The Morgan fingerprint density at radius 3 is 2.46 bits per heavy atom. The zero-order chi connectivity index (χ0) is 20.3. The van der Waals surface area contributed by atoms with Crippen LogP contribution in [0.3, 0.4) is 0 Å². The van der Waals surface area contributed by atoms with Crippen molar-refractivity contribution >= 4 is 29.4 Å². The number of amides is 3. The van der Waals surface area contributed by atoms with Gasteiger partial charge < -0.3 is 13.9 Å². The Kier molecular flexibility index (Phi) is 5.98. The van der Waals surface area contributed by atoms with Crippen LogP contribution < -0.4 is 9.47 Å². The van der Waals surface area contributed by atoms with Gasteiger partial charge in [-0.2, -0.15) is 0 Å². The summed E-state index contributed by atoms with van der Waals surface area (Å²) in [5.74, 6) is 1.39. The minimum Gasteiger partial charge on any atom is -0.497 e. The van der Waals surface area contributed by atoms with Crippen LogP contribution in [0.1, 0.15) is 18.4 Å². The van der Waals surface area contributed by atoms with Crippen molar-refractivity contribution in [2.45, 2.75) is 24.3 Å². The summed E-state index contributed by atoms with van der Waals surface area (Å²) in [5.41, 5.74) is 1.43. The number of methoxy groups -OCH3 is 2. The van der Waals surface area contributed by atoms with Gasteiger partial charge in [0, 0.05) is 31.0 Å². The molecule has 1 aromatic carbocycles. The highest BCUT2D eigenvalue weighted by Crippen LogP contribution is 2.28. The molecule has 28 heavy (non-hydrogen) atoms. The first-order valence-electron chi connectivity index (χ1n) is 8.45. The number of hydrogen-bond acceptors (Lipinski definition) is 8. The lowest BCUT2D eigenvalue weighted by molar-refractivity contribution is -0.129. The van der Waals surface area contributed by atoms with Gasteiger partial charge in [-0.3, -0.25) is 9.69 Å². The van der Waals surface area contributed by atoms with Crippen LogP contribution in [0.25, 0.3) is 0 Å². The lowest BCUT2D eigenvalue weighted by atomic mass is 9.97. The molecule has 0 radical (unpaired) electrons. The molecule has 1 unspecified atom stereocenters. The zero-order valence-electron chi connectivity index (χ0n) is 16.0. The van der Waals surface area contributed by atoms with Crippen molar-refractivity contribution in [1.82, 2.24) is 15.1 Å². The van der Waals surface area contributed by atoms with E-state index in [0.29, 0.717) is 34.1 Å². The van der Waals surface area contributed by atoms with Crippen molar-refractivity contribution in [2.24, 2.45) is 10.9 Å². The minimum atomic E-state index is -0.580. The van der Waals surface area contributed by atoms with Crippen LogP contribution in [-0.4, -0.2) is 54.0 Å². The highest BCUT2D eigenvalue weighted by Gasteiger charge is 2.34. The van der Waals surface area contributed by atoms with Crippen molar-refractivity contribution in [2.75, 3.05) is 21.3 Å². The minimum absolute atomic E-state index is 0.201. The number of nitrogens with zero attached hydrogens (tertiary/aromatic N) is 4. The monoisotopic (exact) mass is 404 g/mol. The molecule has 1 aliphatic heterocycles. The van der Waals surface area contributed by atoms with Gasteiger partial charge in [-0.1, -0.05) is 11.8 Å². The van der Waals surface area contributed by atoms with Gasteiger partial charge in [0.05, 0.1) is 20.1 Å². The molecule has 0 saturated carbocycles. The fraction of sp³-hybridized carbons (Fsp3) is 0.389. The summed E-state index contributed by atoms with van der Waals surface area (Å²) in [6, 6.07) is 5.04. The second kappa shape index (κ2) is 8.42. The fourth-order valence-corrected chi connectivity index (χ4v) is 3.40. The van der Waals surface area contributed by atoms with Gasteiger partial charge >= 0.3 is 6.03 Å². The largest absolute Gasteiger partial charge is 0.497 e. The van der Waals surface area contributed by atoms with E-state index in [1.165, 1.54) is 18.8 Å². The van der Waals surface area contributed by atoms with E-state index >= 15 is 0 Å². The Hall–Kier alpha value is -2.88. The van der Waals surface area contributed by atoms with Crippen LogP contribution >= 0.6 is 11.8 Å². The molecule has 0 aliphatic carbocycles. The van der Waals surface area contributed by atoms with E-state index in [1.807, 2.05) is 12.1 Å². The van der Waals surface area contributed by atoms with Crippen molar-refractivity contribution in [1.29, 1.82) is 0 Å². The van der Waals surface area contributed by atoms with E-state index in [9.17, 15) is 9.59 Å². The Bertz CT molecular complexity index is 904. The summed E-state index contributed by atoms with van der Waals surface area (Å²) in [7, 11) is 4.60. The average molecular weight is 404 g/mol. The van der Waals surface area contributed by atoms with Crippen LogP contribution in [-0.2, 0) is 17.0 Å². The number of aliphatic imine (C=N–C) groups is 1. The van der Waals surface area contributed by atoms with E-state index in [4.69, 9.17) is 13.9 Å². The molecular weight excluding hydrogens is 384 g/mol. The average Bonchev–Trinajstić information content (AvgIpc) is 3.15. The Balaban J connectivity index is 1.66. The first kappa shape index (κ1) is 19.9. The normalized spacial score (nSPS) is 16.9. The van der Waals surface area contributed by atoms with Gasteiger partial charge in [0.1, 0.15) is 11.5 Å². The molecule has 9 nitrogen and oxygen atoms in total. The van der Waals surface area contributed by atoms with Crippen LogP contribution in [0.2, 0.25) is 0 Å². The molecule has 0 bridgehead atoms. The van der Waals surface area contributed by atoms with Crippen LogP contribution in [0, 0.1) is 5.92 Å². The SMILES string of the molecule is COc1cc(CSc2nnc(CC3C(=O)N(C)C(=O)N=C3C)o2)cc(OC)c1. The Morgan fingerprint density at radius 1 is 1.14 bits per heavy atom. The molecule has 1 atom stereocenters. The number of benzene rings is 1. The van der Waals surface area contributed by atoms with Crippen molar-refractivity contribution in [3.8, 4) is 11.5 Å². The molecule has 2 heterocycles. The summed E-state index contributed by atoms with van der Waals surface area (Å²) in [4.78, 5) is 28.7. The number of urea groups is 1. The third-order valence-electron chi connectivity index (χ3n) is 4.29. The van der Waals surface area contributed by atoms with E-state index in [1.54, 1.807) is 27.2 Å². The van der Waals surface area contributed by atoms with Gasteiger partial charge in [-0.25, -0.2) is 9.79 Å². The maximum absolute atomic E-state index is 12.3. The van der Waals surface area contributed by atoms with E-state index in [2.05, 4.69) is 15.2 Å². The molecule has 0 fully saturated rings. The Morgan fingerprint density at radius 2 is 1.82 bits per heavy atom. The molecule has 3 amide bonds. The van der Waals surface area contributed by atoms with Gasteiger partial charge in [0.15, 0.2) is 0 Å². The number of hydrogen-bond donors (Lipinski definition) is 0. The van der Waals surface area contributed by atoms with E-state index in [0.717, 1.165) is 10.5 Å². The number of imide groups is 1. The predicted molar refractivity (Wildman–Crippen MR) is 102 cm³/mol. The number of carbonyl (C=O) groups is 2. The van der Waals surface area contributed by atoms with Crippen LogP contribution in [0.15, 0.2) is 32.8 Å². The number of carbonyl (C=O) groups excluding carboxylic acids is 2. The topological polar surface area (TPSA) is 107 Å². The van der Waals surface area contributed by atoms with Gasteiger partial charge in [0.2, 0.25) is 11.8 Å². The lowest BCUT2D eigenvalue weighted by Crippen LogP contribution is -2.44. The maximum atomic E-state index is 12.3. The summed E-state index contributed by atoms with van der Waals surface area (Å²) < 4.78 is 16.2. The third-order valence-corrected chi connectivity index (χ3v) is 5.18. The third kappa shape index (κ3) is 4.33.